The van der Waals surface area contributed by atoms with Crippen molar-refractivity contribution < 1.29 is 4.79 Å². The molecule has 3 heteroatoms. The minimum Gasteiger partial charge on any atom is -0.348 e. The van der Waals surface area contributed by atoms with Crippen LogP contribution in [0, 0.1) is 13.8 Å². The van der Waals surface area contributed by atoms with E-state index >= 15 is 0 Å². The fraction of sp³-hybridized carbons (Fsp3) is 0.650. The summed E-state index contributed by atoms with van der Waals surface area (Å²) >= 11 is 0. The van der Waals surface area contributed by atoms with Crippen molar-refractivity contribution >= 4 is 5.91 Å². The lowest BCUT2D eigenvalue weighted by Crippen LogP contribution is -2.46. The van der Waals surface area contributed by atoms with Crippen LogP contribution >= 0.6 is 0 Å². The number of carbonyl (C=O) groups excluding carboxylic acids is 1. The third-order valence-corrected chi connectivity index (χ3v) is 5.19. The van der Waals surface area contributed by atoms with Crippen LogP contribution in [-0.4, -0.2) is 29.4 Å². The maximum atomic E-state index is 12.5. The number of benzene rings is 1. The average Bonchev–Trinajstić information content (AvgIpc) is 3.01. The summed E-state index contributed by atoms with van der Waals surface area (Å²) in [5.41, 5.74) is 3.75. The van der Waals surface area contributed by atoms with Gasteiger partial charge in [-0.05, 0) is 64.2 Å². The van der Waals surface area contributed by atoms with Gasteiger partial charge in [0.25, 0.3) is 0 Å². The van der Waals surface area contributed by atoms with Crippen LogP contribution in [0.2, 0.25) is 0 Å². The number of nitrogens with one attached hydrogen (secondary N) is 1. The van der Waals surface area contributed by atoms with Gasteiger partial charge in [0.15, 0.2) is 0 Å². The van der Waals surface area contributed by atoms with Crippen LogP contribution in [0.1, 0.15) is 69.2 Å². The maximum absolute atomic E-state index is 12.5. The van der Waals surface area contributed by atoms with Crippen molar-refractivity contribution in [3.05, 3.63) is 34.9 Å². The lowest BCUT2D eigenvalue weighted by molar-refractivity contribution is -0.124. The Morgan fingerprint density at radius 2 is 1.83 bits per heavy atom. The molecule has 1 aromatic rings. The first kappa shape index (κ1) is 18.0. The first-order chi connectivity index (χ1) is 10.9. The van der Waals surface area contributed by atoms with E-state index in [2.05, 4.69) is 63.0 Å². The molecule has 1 amide bonds. The summed E-state index contributed by atoms with van der Waals surface area (Å²) in [6.45, 7) is 11.2. The molecule has 0 spiro atoms. The molecule has 23 heavy (non-hydrogen) atoms. The van der Waals surface area contributed by atoms with E-state index in [0.717, 1.165) is 0 Å². The molecule has 0 bridgehead atoms. The van der Waals surface area contributed by atoms with E-state index in [-0.39, 0.29) is 11.9 Å². The van der Waals surface area contributed by atoms with Crippen molar-refractivity contribution in [3.8, 4) is 0 Å². The van der Waals surface area contributed by atoms with Crippen molar-refractivity contribution in [2.75, 3.05) is 6.54 Å². The molecule has 1 aliphatic carbocycles. The Morgan fingerprint density at radius 1 is 1.17 bits per heavy atom. The molecule has 0 saturated heterocycles. The Bertz CT molecular complexity index is 532. The molecular weight excluding hydrogens is 284 g/mol. The van der Waals surface area contributed by atoms with Gasteiger partial charge in [-0.2, -0.15) is 0 Å². The van der Waals surface area contributed by atoms with Crippen LogP contribution in [0.25, 0.3) is 0 Å². The molecule has 0 heterocycles. The van der Waals surface area contributed by atoms with Crippen LogP contribution in [0.4, 0.5) is 0 Å². The highest BCUT2D eigenvalue weighted by Crippen LogP contribution is 2.25. The van der Waals surface area contributed by atoms with Crippen LogP contribution in [-0.2, 0) is 4.79 Å². The Balaban J connectivity index is 1.95. The van der Waals surface area contributed by atoms with Gasteiger partial charge in [-0.3, -0.25) is 9.69 Å². The molecule has 1 saturated carbocycles. The monoisotopic (exact) mass is 316 g/mol. The largest absolute Gasteiger partial charge is 0.348 e. The first-order valence-electron chi connectivity index (χ1n) is 9.00. The highest BCUT2D eigenvalue weighted by molar-refractivity contribution is 5.78. The van der Waals surface area contributed by atoms with Gasteiger partial charge < -0.3 is 5.32 Å². The zero-order valence-electron chi connectivity index (χ0n) is 15.4. The summed E-state index contributed by atoms with van der Waals surface area (Å²) in [5.74, 6) is 0.135. The fourth-order valence-electron chi connectivity index (χ4n) is 3.54. The summed E-state index contributed by atoms with van der Waals surface area (Å²) in [5, 5.41) is 3.17. The predicted octanol–water partition coefficient (Wildman–Crippen LogP) is 4.13. The summed E-state index contributed by atoms with van der Waals surface area (Å²) in [6.07, 6.45) is 5.07. The van der Waals surface area contributed by atoms with Crippen molar-refractivity contribution in [2.45, 2.75) is 78.4 Å². The Kier molecular flexibility index (Phi) is 6.23. The van der Waals surface area contributed by atoms with Crippen LogP contribution < -0.4 is 5.32 Å². The lowest BCUT2D eigenvalue weighted by Gasteiger charge is -2.32. The number of aryl methyl sites for hydroxylation is 2. The van der Waals surface area contributed by atoms with Gasteiger partial charge in [-0.25, -0.2) is 0 Å². The van der Waals surface area contributed by atoms with Gasteiger partial charge in [0, 0.05) is 12.1 Å². The molecule has 3 nitrogen and oxygen atoms in total. The van der Waals surface area contributed by atoms with Gasteiger partial charge in [0.2, 0.25) is 5.91 Å². The van der Waals surface area contributed by atoms with Crippen molar-refractivity contribution in [1.82, 2.24) is 10.2 Å². The van der Waals surface area contributed by atoms with Crippen LogP contribution in [0.5, 0.6) is 0 Å². The number of amides is 1. The third-order valence-electron chi connectivity index (χ3n) is 5.19. The van der Waals surface area contributed by atoms with E-state index < -0.39 is 0 Å². The van der Waals surface area contributed by atoms with Gasteiger partial charge in [-0.1, -0.05) is 31.0 Å². The number of hydrogen-bond acceptors (Lipinski definition) is 2. The SMILES string of the molecule is Cc1ccc(C(C)NC(=O)CN(C(C)C)C2CCCC2)cc1C. The molecule has 1 aromatic carbocycles. The normalized spacial score (nSPS) is 17.0. The Hall–Kier alpha value is -1.35. The summed E-state index contributed by atoms with van der Waals surface area (Å²) in [4.78, 5) is 14.9. The molecule has 1 N–H and O–H groups in total. The highest BCUT2D eigenvalue weighted by atomic mass is 16.2. The van der Waals surface area contributed by atoms with Crippen molar-refractivity contribution in [2.24, 2.45) is 0 Å². The third kappa shape index (κ3) is 4.81. The fourth-order valence-corrected chi connectivity index (χ4v) is 3.54. The second-order valence-electron chi connectivity index (χ2n) is 7.34. The number of carbonyl (C=O) groups is 1. The van der Waals surface area contributed by atoms with E-state index in [9.17, 15) is 4.79 Å². The number of rotatable bonds is 6. The molecule has 1 aliphatic rings. The van der Waals surface area contributed by atoms with Gasteiger partial charge >= 0.3 is 0 Å². The average molecular weight is 316 g/mol. The topological polar surface area (TPSA) is 32.3 Å². The minimum atomic E-state index is 0.0550. The van der Waals surface area contributed by atoms with Gasteiger partial charge in [0.05, 0.1) is 12.6 Å². The Morgan fingerprint density at radius 3 is 2.39 bits per heavy atom. The number of nitrogens with zero attached hydrogens (tertiary/aromatic N) is 1. The molecular formula is C20H32N2O. The maximum Gasteiger partial charge on any atom is 0.234 e. The van der Waals surface area contributed by atoms with E-state index in [1.807, 2.05) is 0 Å². The van der Waals surface area contributed by atoms with Crippen molar-refractivity contribution in [3.63, 3.8) is 0 Å². The van der Waals surface area contributed by atoms with Gasteiger partial charge in [0.1, 0.15) is 0 Å². The molecule has 1 unspecified atom stereocenters. The zero-order chi connectivity index (χ0) is 17.0. The van der Waals surface area contributed by atoms with Crippen LogP contribution in [0.3, 0.4) is 0 Å². The summed E-state index contributed by atoms with van der Waals surface area (Å²) in [7, 11) is 0. The highest BCUT2D eigenvalue weighted by Gasteiger charge is 2.26. The standard InChI is InChI=1S/C20H32N2O/c1-14(2)22(19-8-6-7-9-19)13-20(23)21-17(5)18-11-10-15(3)16(4)12-18/h10-12,14,17,19H,6-9,13H2,1-5H3,(H,21,23). The summed E-state index contributed by atoms with van der Waals surface area (Å²) in [6, 6.07) is 7.48. The molecule has 1 atom stereocenters. The van der Waals surface area contributed by atoms with Crippen LogP contribution in [0.15, 0.2) is 18.2 Å². The van der Waals surface area contributed by atoms with E-state index in [1.54, 1.807) is 0 Å². The van der Waals surface area contributed by atoms with E-state index in [0.29, 0.717) is 18.6 Å². The summed E-state index contributed by atoms with van der Waals surface area (Å²) < 4.78 is 0. The van der Waals surface area contributed by atoms with E-state index in [1.165, 1.54) is 42.4 Å². The Labute approximate surface area is 141 Å². The zero-order valence-corrected chi connectivity index (χ0v) is 15.4. The van der Waals surface area contributed by atoms with Crippen molar-refractivity contribution in [1.29, 1.82) is 0 Å². The molecule has 0 radical (unpaired) electrons. The molecule has 128 valence electrons. The van der Waals surface area contributed by atoms with Gasteiger partial charge in [-0.15, -0.1) is 0 Å². The lowest BCUT2D eigenvalue weighted by atomic mass is 10.0. The number of hydrogen-bond donors (Lipinski definition) is 1. The molecule has 1 fully saturated rings. The van der Waals surface area contributed by atoms with E-state index in [4.69, 9.17) is 0 Å². The predicted molar refractivity (Wildman–Crippen MR) is 96.6 cm³/mol. The second-order valence-corrected chi connectivity index (χ2v) is 7.34. The quantitative estimate of drug-likeness (QED) is 0.855. The second kappa shape index (κ2) is 7.96. The molecule has 2 rings (SSSR count). The molecule has 0 aliphatic heterocycles. The first-order valence-corrected chi connectivity index (χ1v) is 9.00. The smallest absolute Gasteiger partial charge is 0.234 e. The molecule has 0 aromatic heterocycles. The minimum absolute atomic E-state index is 0.0550.